The Morgan fingerprint density at radius 3 is 2.55 bits per heavy atom. The van der Waals surface area contributed by atoms with E-state index in [1.807, 2.05) is 30.3 Å². The highest BCUT2D eigenvalue weighted by molar-refractivity contribution is 14.0. The standard InChI is InChI=1S/C26H37N3O3.HI/c1-4-27-25(28-15-12-23(30)21-8-6-5-7-9-21)29-19-26(13-16-32-17-14-26)22-18-20(2)10-11-24(22)31-3;/h5-11,18,23,30H,4,12-17,19H2,1-3H3,(H2,27,28,29);1H. The maximum Gasteiger partial charge on any atom is 0.191 e. The fourth-order valence-electron chi connectivity index (χ4n) is 4.25. The summed E-state index contributed by atoms with van der Waals surface area (Å²) >= 11 is 0. The van der Waals surface area contributed by atoms with Crippen molar-refractivity contribution < 1.29 is 14.6 Å². The number of methoxy groups -OCH3 is 1. The first-order valence-corrected chi connectivity index (χ1v) is 11.6. The van der Waals surface area contributed by atoms with Crippen LogP contribution in [0.4, 0.5) is 0 Å². The molecular formula is C26H38IN3O3. The second-order valence-corrected chi connectivity index (χ2v) is 8.43. The van der Waals surface area contributed by atoms with E-state index in [2.05, 4.69) is 42.7 Å². The molecule has 1 atom stereocenters. The van der Waals surface area contributed by atoms with Crippen molar-refractivity contribution in [2.24, 2.45) is 4.99 Å². The highest BCUT2D eigenvalue weighted by Crippen LogP contribution is 2.40. The molecule has 0 bridgehead atoms. The molecule has 7 heteroatoms. The lowest BCUT2D eigenvalue weighted by molar-refractivity contribution is 0.0522. The Hall–Kier alpha value is -1.84. The normalized spacial score (nSPS) is 16.4. The summed E-state index contributed by atoms with van der Waals surface area (Å²) in [6.45, 7) is 7.67. The zero-order valence-electron chi connectivity index (χ0n) is 20.0. The lowest BCUT2D eigenvalue weighted by atomic mass is 9.73. The maximum atomic E-state index is 10.4. The largest absolute Gasteiger partial charge is 0.496 e. The summed E-state index contributed by atoms with van der Waals surface area (Å²) in [6, 6.07) is 16.1. The third-order valence-corrected chi connectivity index (χ3v) is 6.15. The number of aliphatic hydroxyl groups excluding tert-OH is 1. The fraction of sp³-hybridized carbons (Fsp3) is 0.500. The first kappa shape index (κ1) is 27.4. The molecule has 6 nitrogen and oxygen atoms in total. The molecule has 0 aromatic heterocycles. The molecule has 1 heterocycles. The summed E-state index contributed by atoms with van der Waals surface area (Å²) in [5.74, 6) is 1.68. The Morgan fingerprint density at radius 1 is 1.15 bits per heavy atom. The van der Waals surface area contributed by atoms with Crippen LogP contribution in [0, 0.1) is 6.92 Å². The molecule has 2 aromatic carbocycles. The monoisotopic (exact) mass is 567 g/mol. The topological polar surface area (TPSA) is 75.1 Å². The average Bonchev–Trinajstić information content (AvgIpc) is 2.83. The zero-order chi connectivity index (χ0) is 22.8. The second-order valence-electron chi connectivity index (χ2n) is 8.43. The first-order valence-electron chi connectivity index (χ1n) is 11.6. The average molecular weight is 568 g/mol. The summed E-state index contributed by atoms with van der Waals surface area (Å²) in [4.78, 5) is 4.96. The van der Waals surface area contributed by atoms with E-state index in [4.69, 9.17) is 14.5 Å². The molecule has 3 N–H and O–H groups in total. The minimum absolute atomic E-state index is 0. The lowest BCUT2D eigenvalue weighted by Crippen LogP contribution is -2.41. The van der Waals surface area contributed by atoms with Gasteiger partial charge in [0.2, 0.25) is 0 Å². The van der Waals surface area contributed by atoms with Crippen molar-refractivity contribution in [3.63, 3.8) is 0 Å². The van der Waals surface area contributed by atoms with Gasteiger partial charge < -0.3 is 25.2 Å². The third-order valence-electron chi connectivity index (χ3n) is 6.15. The van der Waals surface area contributed by atoms with Gasteiger partial charge in [0.05, 0.1) is 19.8 Å². The minimum Gasteiger partial charge on any atom is -0.496 e. The van der Waals surface area contributed by atoms with Crippen molar-refractivity contribution in [3.05, 3.63) is 65.2 Å². The van der Waals surface area contributed by atoms with Gasteiger partial charge in [0, 0.05) is 37.3 Å². The molecule has 0 spiro atoms. The van der Waals surface area contributed by atoms with Crippen LogP contribution >= 0.6 is 24.0 Å². The van der Waals surface area contributed by atoms with Crippen LogP contribution in [0.25, 0.3) is 0 Å². The molecule has 2 aromatic rings. The van der Waals surface area contributed by atoms with E-state index in [0.717, 1.165) is 49.9 Å². The highest BCUT2D eigenvalue weighted by Gasteiger charge is 2.37. The van der Waals surface area contributed by atoms with Gasteiger partial charge in [-0.05, 0) is 44.7 Å². The van der Waals surface area contributed by atoms with Gasteiger partial charge in [-0.2, -0.15) is 0 Å². The Bertz CT molecular complexity index is 870. The van der Waals surface area contributed by atoms with Gasteiger partial charge in [0.25, 0.3) is 0 Å². The number of nitrogens with zero attached hydrogens (tertiary/aromatic N) is 1. The number of ether oxygens (including phenoxy) is 2. The zero-order valence-corrected chi connectivity index (χ0v) is 22.3. The van der Waals surface area contributed by atoms with Crippen molar-refractivity contribution in [2.45, 2.75) is 44.6 Å². The van der Waals surface area contributed by atoms with Gasteiger partial charge in [-0.1, -0.05) is 48.0 Å². The van der Waals surface area contributed by atoms with Gasteiger partial charge in [0.15, 0.2) is 5.96 Å². The minimum atomic E-state index is -0.495. The van der Waals surface area contributed by atoms with Crippen molar-refractivity contribution in [2.75, 3.05) is 40.0 Å². The van der Waals surface area contributed by atoms with E-state index >= 15 is 0 Å². The Balaban J connectivity index is 0.00000385. The molecule has 0 aliphatic carbocycles. The number of aliphatic imine (C=N–C) groups is 1. The molecule has 1 aliphatic heterocycles. The molecule has 1 aliphatic rings. The van der Waals surface area contributed by atoms with E-state index < -0.39 is 6.10 Å². The Labute approximate surface area is 215 Å². The number of aryl methyl sites for hydroxylation is 1. The number of halogens is 1. The number of hydrogen-bond donors (Lipinski definition) is 3. The van der Waals surface area contributed by atoms with E-state index in [1.54, 1.807) is 7.11 Å². The van der Waals surface area contributed by atoms with Crippen LogP contribution in [0.5, 0.6) is 5.75 Å². The molecule has 182 valence electrons. The number of rotatable bonds is 9. The van der Waals surface area contributed by atoms with E-state index in [9.17, 15) is 5.11 Å². The molecule has 3 rings (SSSR count). The molecule has 33 heavy (non-hydrogen) atoms. The summed E-state index contributed by atoms with van der Waals surface area (Å²) in [5, 5.41) is 17.2. The van der Waals surface area contributed by atoms with Crippen LogP contribution in [-0.4, -0.2) is 51.0 Å². The molecule has 0 radical (unpaired) electrons. The van der Waals surface area contributed by atoms with Crippen molar-refractivity contribution in [1.29, 1.82) is 0 Å². The lowest BCUT2D eigenvalue weighted by Gasteiger charge is -2.37. The van der Waals surface area contributed by atoms with Crippen LogP contribution in [0.1, 0.15) is 49.0 Å². The van der Waals surface area contributed by atoms with Gasteiger partial charge in [-0.3, -0.25) is 4.99 Å². The number of nitrogens with one attached hydrogen (secondary N) is 2. The van der Waals surface area contributed by atoms with Crippen LogP contribution < -0.4 is 15.4 Å². The maximum absolute atomic E-state index is 10.4. The SMILES string of the molecule is CCNC(=NCC1(c2cc(C)ccc2OC)CCOCC1)NCCC(O)c1ccccc1.I. The van der Waals surface area contributed by atoms with Gasteiger partial charge in [-0.25, -0.2) is 0 Å². The number of benzene rings is 2. The molecule has 1 unspecified atom stereocenters. The van der Waals surface area contributed by atoms with Crippen LogP contribution in [0.3, 0.4) is 0 Å². The second kappa shape index (κ2) is 13.8. The summed E-state index contributed by atoms with van der Waals surface area (Å²) < 4.78 is 11.4. The van der Waals surface area contributed by atoms with Crippen LogP contribution in [-0.2, 0) is 10.2 Å². The molecule has 1 fully saturated rings. The van der Waals surface area contributed by atoms with Crippen LogP contribution in [0.15, 0.2) is 53.5 Å². The summed E-state index contributed by atoms with van der Waals surface area (Å²) in [5.41, 5.74) is 3.24. The predicted octanol–water partition coefficient (Wildman–Crippen LogP) is 4.35. The number of hydrogen-bond acceptors (Lipinski definition) is 4. The Morgan fingerprint density at radius 2 is 1.88 bits per heavy atom. The smallest absolute Gasteiger partial charge is 0.191 e. The van der Waals surface area contributed by atoms with E-state index in [0.29, 0.717) is 19.5 Å². The molecular weight excluding hydrogens is 529 g/mol. The van der Waals surface area contributed by atoms with Gasteiger partial charge in [0.1, 0.15) is 5.75 Å². The fourth-order valence-corrected chi connectivity index (χ4v) is 4.25. The first-order chi connectivity index (χ1) is 15.6. The predicted molar refractivity (Wildman–Crippen MR) is 145 cm³/mol. The Kier molecular flexibility index (Phi) is 11.4. The van der Waals surface area contributed by atoms with Gasteiger partial charge >= 0.3 is 0 Å². The molecule has 1 saturated heterocycles. The van der Waals surface area contributed by atoms with Crippen molar-refractivity contribution in [1.82, 2.24) is 10.6 Å². The van der Waals surface area contributed by atoms with Crippen molar-refractivity contribution in [3.8, 4) is 5.75 Å². The summed E-state index contributed by atoms with van der Waals surface area (Å²) in [6.07, 6.45) is 1.93. The molecule has 0 saturated carbocycles. The number of aliphatic hydroxyl groups is 1. The van der Waals surface area contributed by atoms with Crippen LogP contribution in [0.2, 0.25) is 0 Å². The van der Waals surface area contributed by atoms with E-state index in [-0.39, 0.29) is 29.4 Å². The molecule has 0 amide bonds. The highest BCUT2D eigenvalue weighted by atomic mass is 127. The third kappa shape index (κ3) is 7.58. The quantitative estimate of drug-likeness (QED) is 0.239. The van der Waals surface area contributed by atoms with Gasteiger partial charge in [-0.15, -0.1) is 24.0 Å². The van der Waals surface area contributed by atoms with E-state index in [1.165, 1.54) is 11.1 Å². The summed E-state index contributed by atoms with van der Waals surface area (Å²) in [7, 11) is 1.73. The van der Waals surface area contributed by atoms with Crippen molar-refractivity contribution >= 4 is 29.9 Å². The number of guanidine groups is 1.